The summed E-state index contributed by atoms with van der Waals surface area (Å²) >= 11 is 0. The van der Waals surface area contributed by atoms with Crippen LogP contribution in [0.4, 0.5) is 0 Å². The van der Waals surface area contributed by atoms with E-state index in [1.54, 1.807) is 12.1 Å². The Balaban J connectivity index is 2.18. The zero-order valence-electron chi connectivity index (χ0n) is 16.2. The second-order valence-electron chi connectivity index (χ2n) is 6.68. The van der Waals surface area contributed by atoms with Gasteiger partial charge in [-0.05, 0) is 38.3 Å². The molecule has 142 valence electrons. The lowest BCUT2D eigenvalue weighted by molar-refractivity contribution is -0.0499. The van der Waals surface area contributed by atoms with Gasteiger partial charge in [0.25, 0.3) is 0 Å². The molecule has 0 amide bonds. The Morgan fingerprint density at radius 1 is 1.00 bits per heavy atom. The average Bonchev–Trinajstić information content (AvgIpc) is 2.63. The molecule has 1 rings (SSSR count). The van der Waals surface area contributed by atoms with Crippen LogP contribution in [0.15, 0.2) is 30.3 Å². The number of unbranched alkanes of at least 4 members (excludes halogenated alkanes) is 1. The van der Waals surface area contributed by atoms with Crippen LogP contribution >= 0.6 is 0 Å². The molecule has 3 unspecified atom stereocenters. The first kappa shape index (κ1) is 21.7. The second kappa shape index (κ2) is 12.9. The van der Waals surface area contributed by atoms with E-state index in [1.165, 1.54) is 19.3 Å². The quantitative estimate of drug-likeness (QED) is 0.476. The van der Waals surface area contributed by atoms with E-state index in [4.69, 9.17) is 14.2 Å². The number of hydrogen-bond donors (Lipinski definition) is 0. The standard InChI is InChI=1S/C21H34O4/c1-5-7-11-19(6-2)16-23-14-17(3)24-15-18(4)25-21(22)20-12-9-8-10-13-20/h8-10,12-13,17-19H,5-7,11,14-16H2,1-4H3. The molecule has 0 fully saturated rings. The lowest BCUT2D eigenvalue weighted by Crippen LogP contribution is -2.26. The monoisotopic (exact) mass is 350 g/mol. The third-order valence-corrected chi connectivity index (χ3v) is 4.18. The van der Waals surface area contributed by atoms with Crippen molar-refractivity contribution in [2.75, 3.05) is 19.8 Å². The smallest absolute Gasteiger partial charge is 0.338 e. The van der Waals surface area contributed by atoms with Crippen molar-refractivity contribution in [1.82, 2.24) is 0 Å². The van der Waals surface area contributed by atoms with Crippen molar-refractivity contribution in [3.8, 4) is 0 Å². The zero-order chi connectivity index (χ0) is 18.5. The molecule has 0 N–H and O–H groups in total. The first-order valence-corrected chi connectivity index (χ1v) is 9.52. The third kappa shape index (κ3) is 9.61. The molecule has 0 radical (unpaired) electrons. The van der Waals surface area contributed by atoms with Gasteiger partial charge in [0.15, 0.2) is 0 Å². The minimum Gasteiger partial charge on any atom is -0.457 e. The summed E-state index contributed by atoms with van der Waals surface area (Å²) in [5.74, 6) is 0.320. The molecule has 25 heavy (non-hydrogen) atoms. The van der Waals surface area contributed by atoms with Crippen molar-refractivity contribution in [3.05, 3.63) is 35.9 Å². The first-order chi connectivity index (χ1) is 12.1. The number of carbonyl (C=O) groups excluding carboxylic acids is 1. The number of rotatable bonds is 13. The molecule has 0 aromatic heterocycles. The third-order valence-electron chi connectivity index (χ3n) is 4.18. The topological polar surface area (TPSA) is 44.8 Å². The lowest BCUT2D eigenvalue weighted by Gasteiger charge is -2.19. The maximum atomic E-state index is 12.0. The molecule has 3 atom stereocenters. The van der Waals surface area contributed by atoms with Gasteiger partial charge in [-0.15, -0.1) is 0 Å². The van der Waals surface area contributed by atoms with Crippen molar-refractivity contribution in [3.63, 3.8) is 0 Å². The summed E-state index contributed by atoms with van der Waals surface area (Å²) in [4.78, 5) is 12.0. The van der Waals surface area contributed by atoms with Crippen LogP contribution in [0.3, 0.4) is 0 Å². The van der Waals surface area contributed by atoms with Crippen LogP contribution < -0.4 is 0 Å². The molecule has 4 nitrogen and oxygen atoms in total. The highest BCUT2D eigenvalue weighted by atomic mass is 16.6. The van der Waals surface area contributed by atoms with Gasteiger partial charge in [0.05, 0.1) is 24.9 Å². The highest BCUT2D eigenvalue weighted by molar-refractivity contribution is 5.89. The predicted octanol–water partition coefficient (Wildman–Crippen LogP) is 4.87. The van der Waals surface area contributed by atoms with Gasteiger partial charge in [-0.2, -0.15) is 0 Å². The summed E-state index contributed by atoms with van der Waals surface area (Å²) < 4.78 is 16.9. The molecule has 0 heterocycles. The summed E-state index contributed by atoms with van der Waals surface area (Å²) in [6, 6.07) is 9.00. The maximum absolute atomic E-state index is 12.0. The molecule has 0 bridgehead atoms. The molecule has 1 aromatic carbocycles. The van der Waals surface area contributed by atoms with E-state index in [-0.39, 0.29) is 18.2 Å². The largest absolute Gasteiger partial charge is 0.457 e. The van der Waals surface area contributed by atoms with Crippen molar-refractivity contribution < 1.29 is 19.0 Å². The fraction of sp³-hybridized carbons (Fsp3) is 0.667. The molecule has 0 aliphatic heterocycles. The minimum absolute atomic E-state index is 0.0124. The van der Waals surface area contributed by atoms with Gasteiger partial charge in [-0.25, -0.2) is 4.79 Å². The lowest BCUT2D eigenvalue weighted by atomic mass is 10.0. The predicted molar refractivity (Wildman–Crippen MR) is 101 cm³/mol. The Morgan fingerprint density at radius 2 is 1.72 bits per heavy atom. The summed E-state index contributed by atoms with van der Waals surface area (Å²) in [7, 11) is 0. The van der Waals surface area contributed by atoms with Gasteiger partial charge in [-0.3, -0.25) is 0 Å². The van der Waals surface area contributed by atoms with Crippen LogP contribution in [0.25, 0.3) is 0 Å². The number of esters is 1. The van der Waals surface area contributed by atoms with Crippen LogP contribution in [0.1, 0.15) is 63.7 Å². The Kier molecular flexibility index (Phi) is 11.2. The highest BCUT2D eigenvalue weighted by Crippen LogP contribution is 2.13. The SMILES string of the molecule is CCCCC(CC)COCC(C)OCC(C)OC(=O)c1ccccc1. The molecule has 0 saturated carbocycles. The van der Waals surface area contributed by atoms with Gasteiger partial charge in [-0.1, -0.05) is 51.3 Å². The molecule has 1 aromatic rings. The zero-order valence-corrected chi connectivity index (χ0v) is 16.2. The van der Waals surface area contributed by atoms with E-state index in [0.29, 0.717) is 24.7 Å². The van der Waals surface area contributed by atoms with E-state index in [2.05, 4.69) is 13.8 Å². The van der Waals surface area contributed by atoms with Gasteiger partial charge in [0, 0.05) is 6.61 Å². The van der Waals surface area contributed by atoms with Crippen molar-refractivity contribution >= 4 is 5.97 Å². The number of carbonyl (C=O) groups is 1. The molecule has 0 aliphatic rings. The highest BCUT2D eigenvalue weighted by Gasteiger charge is 2.14. The minimum atomic E-state index is -0.317. The Hall–Kier alpha value is -1.39. The van der Waals surface area contributed by atoms with Gasteiger partial charge in [0.1, 0.15) is 6.10 Å². The first-order valence-electron chi connectivity index (χ1n) is 9.52. The summed E-state index contributed by atoms with van der Waals surface area (Å²) in [5, 5.41) is 0. The fourth-order valence-electron chi connectivity index (χ4n) is 2.51. The normalized spacial score (nSPS) is 14.7. The molecule has 0 aliphatic carbocycles. The van der Waals surface area contributed by atoms with E-state index < -0.39 is 0 Å². The van der Waals surface area contributed by atoms with Crippen LogP contribution in [0.2, 0.25) is 0 Å². The van der Waals surface area contributed by atoms with Crippen molar-refractivity contribution in [1.29, 1.82) is 0 Å². The Bertz CT molecular complexity index is 460. The number of ether oxygens (including phenoxy) is 3. The van der Waals surface area contributed by atoms with Gasteiger partial charge >= 0.3 is 5.97 Å². The Labute approximate surface area is 152 Å². The molecule has 0 saturated heterocycles. The number of hydrogen-bond acceptors (Lipinski definition) is 4. The second-order valence-corrected chi connectivity index (χ2v) is 6.68. The van der Waals surface area contributed by atoms with Crippen molar-refractivity contribution in [2.24, 2.45) is 5.92 Å². The van der Waals surface area contributed by atoms with Gasteiger partial charge < -0.3 is 14.2 Å². The summed E-state index contributed by atoms with van der Waals surface area (Å²) in [5.41, 5.74) is 0.559. The number of benzene rings is 1. The van der Waals surface area contributed by atoms with E-state index in [9.17, 15) is 4.79 Å². The van der Waals surface area contributed by atoms with E-state index in [0.717, 1.165) is 13.0 Å². The van der Waals surface area contributed by atoms with Gasteiger partial charge in [0.2, 0.25) is 0 Å². The fourth-order valence-corrected chi connectivity index (χ4v) is 2.51. The Morgan fingerprint density at radius 3 is 2.36 bits per heavy atom. The van der Waals surface area contributed by atoms with Crippen LogP contribution in [0, 0.1) is 5.92 Å². The van der Waals surface area contributed by atoms with Crippen LogP contribution in [0.5, 0.6) is 0 Å². The van der Waals surface area contributed by atoms with Crippen LogP contribution in [-0.2, 0) is 14.2 Å². The molecule has 0 spiro atoms. The molecule has 4 heteroatoms. The van der Waals surface area contributed by atoms with E-state index in [1.807, 2.05) is 32.0 Å². The average molecular weight is 350 g/mol. The summed E-state index contributed by atoms with van der Waals surface area (Å²) in [6.07, 6.45) is 4.58. The molecular weight excluding hydrogens is 316 g/mol. The van der Waals surface area contributed by atoms with Crippen LogP contribution in [-0.4, -0.2) is 38.0 Å². The van der Waals surface area contributed by atoms with E-state index >= 15 is 0 Å². The maximum Gasteiger partial charge on any atom is 0.338 e. The molecular formula is C21H34O4. The van der Waals surface area contributed by atoms with Crippen molar-refractivity contribution in [2.45, 2.75) is 65.6 Å². The summed E-state index contributed by atoms with van der Waals surface area (Å²) in [6.45, 7) is 9.99.